The van der Waals surface area contributed by atoms with Gasteiger partial charge in [-0.3, -0.25) is 4.79 Å². The molecule has 0 spiro atoms. The summed E-state index contributed by atoms with van der Waals surface area (Å²) in [5, 5.41) is 8.27. The van der Waals surface area contributed by atoms with Crippen molar-refractivity contribution in [2.75, 3.05) is 19.0 Å². The van der Waals surface area contributed by atoms with E-state index in [0.29, 0.717) is 11.3 Å². The molecule has 0 aliphatic rings. The summed E-state index contributed by atoms with van der Waals surface area (Å²) >= 11 is 1.68. The van der Waals surface area contributed by atoms with Crippen molar-refractivity contribution in [1.82, 2.24) is 5.32 Å². The molecule has 1 atom stereocenters. The van der Waals surface area contributed by atoms with Gasteiger partial charge in [0, 0.05) is 16.6 Å². The predicted octanol–water partition coefficient (Wildman–Crippen LogP) is 4.16. The van der Waals surface area contributed by atoms with Crippen LogP contribution in [-0.4, -0.2) is 25.5 Å². The second kappa shape index (κ2) is 8.47. The number of esters is 1. The van der Waals surface area contributed by atoms with E-state index in [1.807, 2.05) is 18.4 Å². The molecule has 1 aromatic carbocycles. The van der Waals surface area contributed by atoms with Crippen molar-refractivity contribution in [2.45, 2.75) is 33.7 Å². The summed E-state index contributed by atoms with van der Waals surface area (Å²) in [6.07, 6.45) is 0. The summed E-state index contributed by atoms with van der Waals surface area (Å²) in [5.74, 6) is -0.579. The number of amides is 1. The van der Waals surface area contributed by atoms with E-state index in [1.165, 1.54) is 12.0 Å². The van der Waals surface area contributed by atoms with E-state index < -0.39 is 5.97 Å². The molecular formula is C20H26N2O3S. The van der Waals surface area contributed by atoms with Gasteiger partial charge >= 0.3 is 5.97 Å². The molecule has 26 heavy (non-hydrogen) atoms. The topological polar surface area (TPSA) is 67.4 Å². The monoisotopic (exact) mass is 374 g/mol. The number of carbonyl (C=O) groups excluding carboxylic acids is 2. The van der Waals surface area contributed by atoms with Crippen LogP contribution in [-0.2, 0) is 9.53 Å². The second-order valence-electron chi connectivity index (χ2n) is 7.26. The number of thiophene rings is 1. The van der Waals surface area contributed by atoms with Gasteiger partial charge in [0.1, 0.15) is 0 Å². The van der Waals surface area contributed by atoms with Gasteiger partial charge in [-0.1, -0.05) is 32.9 Å². The largest absolute Gasteiger partial charge is 0.465 e. The Bertz CT molecular complexity index is 764. The lowest BCUT2D eigenvalue weighted by molar-refractivity contribution is -0.115. The van der Waals surface area contributed by atoms with Crippen molar-refractivity contribution in [3.8, 4) is 0 Å². The maximum Gasteiger partial charge on any atom is 0.337 e. The molecule has 1 unspecified atom stereocenters. The molecule has 6 heteroatoms. The average Bonchev–Trinajstić information content (AvgIpc) is 3.09. The zero-order valence-corrected chi connectivity index (χ0v) is 16.7. The Morgan fingerprint density at radius 1 is 1.23 bits per heavy atom. The van der Waals surface area contributed by atoms with Crippen LogP contribution in [0.15, 0.2) is 35.7 Å². The van der Waals surface area contributed by atoms with Gasteiger partial charge in [0.2, 0.25) is 5.91 Å². The highest BCUT2D eigenvalue weighted by atomic mass is 32.1. The Morgan fingerprint density at radius 3 is 2.54 bits per heavy atom. The summed E-state index contributed by atoms with van der Waals surface area (Å²) in [6, 6.07) is 9.29. The number of ether oxygens (including phenoxy) is 1. The molecule has 0 saturated carbocycles. The van der Waals surface area contributed by atoms with E-state index in [2.05, 4.69) is 37.5 Å². The van der Waals surface area contributed by atoms with Gasteiger partial charge in [-0.25, -0.2) is 4.79 Å². The van der Waals surface area contributed by atoms with Gasteiger partial charge in [-0.2, -0.15) is 0 Å². The highest BCUT2D eigenvalue weighted by Crippen LogP contribution is 2.34. The fraction of sp³-hybridized carbons (Fsp3) is 0.400. The number of methoxy groups -OCH3 is 1. The van der Waals surface area contributed by atoms with Crippen LogP contribution in [0.25, 0.3) is 0 Å². The highest BCUT2D eigenvalue weighted by Gasteiger charge is 2.27. The van der Waals surface area contributed by atoms with E-state index in [-0.39, 0.29) is 23.9 Å². The first-order valence-corrected chi connectivity index (χ1v) is 9.36. The minimum Gasteiger partial charge on any atom is -0.465 e. The fourth-order valence-electron chi connectivity index (χ4n) is 2.68. The fourth-order valence-corrected chi connectivity index (χ4v) is 3.72. The van der Waals surface area contributed by atoms with Gasteiger partial charge in [0.25, 0.3) is 0 Å². The number of benzene rings is 1. The van der Waals surface area contributed by atoms with Crippen LogP contribution in [0.4, 0.5) is 5.69 Å². The van der Waals surface area contributed by atoms with Gasteiger partial charge < -0.3 is 15.4 Å². The summed E-state index contributed by atoms with van der Waals surface area (Å²) in [4.78, 5) is 25.3. The van der Waals surface area contributed by atoms with E-state index in [1.54, 1.807) is 29.5 Å². The first-order valence-electron chi connectivity index (χ1n) is 8.48. The Morgan fingerprint density at radius 2 is 1.96 bits per heavy atom. The molecule has 0 bridgehead atoms. The number of aryl methyl sites for hydroxylation is 1. The van der Waals surface area contributed by atoms with Crippen molar-refractivity contribution in [3.05, 3.63) is 51.7 Å². The Balaban J connectivity index is 2.05. The number of anilines is 1. The third-order valence-electron chi connectivity index (χ3n) is 4.09. The lowest BCUT2D eigenvalue weighted by Crippen LogP contribution is -2.37. The summed E-state index contributed by atoms with van der Waals surface area (Å²) < 4.78 is 4.73. The van der Waals surface area contributed by atoms with Crippen molar-refractivity contribution in [1.29, 1.82) is 0 Å². The van der Waals surface area contributed by atoms with Crippen molar-refractivity contribution >= 4 is 28.9 Å². The first-order chi connectivity index (χ1) is 12.2. The van der Waals surface area contributed by atoms with Gasteiger partial charge in [-0.05, 0) is 41.5 Å². The van der Waals surface area contributed by atoms with Crippen LogP contribution in [0.3, 0.4) is 0 Å². The van der Waals surface area contributed by atoms with Crippen LogP contribution in [0.2, 0.25) is 0 Å². The average molecular weight is 375 g/mol. The number of hydrogen-bond acceptors (Lipinski definition) is 5. The van der Waals surface area contributed by atoms with E-state index in [0.717, 1.165) is 5.56 Å². The van der Waals surface area contributed by atoms with Crippen molar-refractivity contribution in [2.24, 2.45) is 5.41 Å². The van der Waals surface area contributed by atoms with E-state index in [9.17, 15) is 9.59 Å². The van der Waals surface area contributed by atoms with Gasteiger partial charge in [0.05, 0.1) is 19.2 Å². The molecule has 2 rings (SSSR count). The van der Waals surface area contributed by atoms with Crippen LogP contribution >= 0.6 is 11.3 Å². The van der Waals surface area contributed by atoms with Crippen LogP contribution < -0.4 is 10.6 Å². The van der Waals surface area contributed by atoms with Crippen LogP contribution in [0, 0.1) is 12.3 Å². The number of hydrogen-bond donors (Lipinski definition) is 2. The summed E-state index contributed by atoms with van der Waals surface area (Å²) in [7, 11) is 1.33. The predicted molar refractivity (Wildman–Crippen MR) is 106 cm³/mol. The highest BCUT2D eigenvalue weighted by molar-refractivity contribution is 7.10. The summed E-state index contributed by atoms with van der Waals surface area (Å²) in [5.41, 5.74) is 1.89. The maximum atomic E-state index is 12.4. The molecule has 1 aromatic heterocycles. The minimum atomic E-state index is -0.427. The molecule has 2 N–H and O–H groups in total. The number of rotatable bonds is 6. The van der Waals surface area contributed by atoms with Gasteiger partial charge in [0.15, 0.2) is 0 Å². The first kappa shape index (κ1) is 20.1. The molecule has 1 heterocycles. The molecule has 140 valence electrons. The molecule has 2 aromatic rings. The maximum absolute atomic E-state index is 12.4. The zero-order chi connectivity index (χ0) is 19.3. The van der Waals surface area contributed by atoms with Crippen molar-refractivity contribution < 1.29 is 14.3 Å². The molecule has 0 radical (unpaired) electrons. The summed E-state index contributed by atoms with van der Waals surface area (Å²) in [6.45, 7) is 8.50. The van der Waals surface area contributed by atoms with E-state index in [4.69, 9.17) is 4.74 Å². The smallest absolute Gasteiger partial charge is 0.337 e. The Kier molecular flexibility index (Phi) is 6.56. The van der Waals surface area contributed by atoms with Crippen LogP contribution in [0.5, 0.6) is 0 Å². The quantitative estimate of drug-likeness (QED) is 0.745. The zero-order valence-electron chi connectivity index (χ0n) is 15.9. The molecule has 1 amide bonds. The lowest BCUT2D eigenvalue weighted by atomic mass is 9.86. The van der Waals surface area contributed by atoms with Gasteiger partial charge in [-0.15, -0.1) is 11.3 Å². The Hall–Kier alpha value is -2.18. The molecule has 0 saturated heterocycles. The SMILES string of the molecule is COC(=O)c1ccc(C)c(NC(=O)CNC(c2cccs2)C(C)(C)C)c1. The number of carbonyl (C=O) groups is 2. The Labute approximate surface area is 158 Å². The third-order valence-corrected chi connectivity index (χ3v) is 5.03. The molecule has 0 aliphatic heterocycles. The normalized spacial score (nSPS) is 12.5. The molecule has 0 aliphatic carbocycles. The minimum absolute atomic E-state index is 0.0220. The van der Waals surface area contributed by atoms with E-state index >= 15 is 0 Å². The lowest BCUT2D eigenvalue weighted by Gasteiger charge is -2.30. The second-order valence-corrected chi connectivity index (χ2v) is 8.24. The molecule has 0 fully saturated rings. The standard InChI is InChI=1S/C20H26N2O3S/c1-13-8-9-14(19(24)25-5)11-15(13)22-17(23)12-21-18(20(2,3)4)16-7-6-10-26-16/h6-11,18,21H,12H2,1-5H3,(H,22,23). The van der Waals surface area contributed by atoms with Crippen LogP contribution in [0.1, 0.15) is 47.6 Å². The number of nitrogens with one attached hydrogen (secondary N) is 2. The molecule has 5 nitrogen and oxygen atoms in total. The molecular weight excluding hydrogens is 348 g/mol. The van der Waals surface area contributed by atoms with Crippen molar-refractivity contribution in [3.63, 3.8) is 0 Å². The third kappa shape index (κ3) is 5.16.